The Morgan fingerprint density at radius 1 is 0.512 bits per heavy atom. The number of hydrogen-bond acceptors (Lipinski definition) is 4. The Morgan fingerprint density at radius 3 is 1.07 bits per heavy atom. The molecule has 0 unspecified atom stereocenters. The number of hydrogen-bond donors (Lipinski definition) is 0. The van der Waals surface area contributed by atoms with Crippen LogP contribution in [0.25, 0.3) is 22.3 Å². The average molecular weight is 863 g/mol. The van der Waals surface area contributed by atoms with Crippen LogP contribution >= 0.6 is 0 Å². The zero-order chi connectivity index (χ0) is 31.2. The van der Waals surface area contributed by atoms with E-state index in [9.17, 15) is 55.4 Å². The van der Waals surface area contributed by atoms with E-state index in [1.807, 2.05) is 0 Å². The van der Waals surface area contributed by atoms with Gasteiger partial charge in [0.15, 0.2) is 0 Å². The summed E-state index contributed by atoms with van der Waals surface area (Å²) in [5.41, 5.74) is -3.05. The van der Waals surface area contributed by atoms with Crippen molar-refractivity contribution in [2.45, 2.75) is 11.8 Å². The van der Waals surface area contributed by atoms with Gasteiger partial charge in [0.25, 0.3) is 11.4 Å². The minimum Gasteiger partial charge on any atom is -0.415 e. The number of nitro benzene ring substituents is 2. The molecule has 4 aromatic rings. The molecule has 0 amide bonds. The summed E-state index contributed by atoms with van der Waals surface area (Å²) >= 11 is 0. The largest absolute Gasteiger partial charge is 0.415 e. The van der Waals surface area contributed by atoms with Crippen molar-refractivity contribution in [2.24, 2.45) is 0 Å². The smallest absolute Gasteiger partial charge is 0.276 e. The van der Waals surface area contributed by atoms with Crippen LogP contribution in [-0.4, -0.2) is 9.85 Å². The second kappa shape index (κ2) is 13.2. The van der Waals surface area contributed by atoms with Gasteiger partial charge in [-0.1, -0.05) is 72.8 Å². The van der Waals surface area contributed by atoms with Crippen molar-refractivity contribution >= 4 is 11.4 Å². The molecule has 0 fully saturated rings. The van der Waals surface area contributed by atoms with E-state index in [1.165, 1.54) is 0 Å². The van der Waals surface area contributed by atoms with Gasteiger partial charge in [-0.05, 0) is 34.4 Å². The van der Waals surface area contributed by atoms with Crippen molar-refractivity contribution in [1.82, 2.24) is 0 Å². The minimum absolute atomic E-state index is 0. The van der Waals surface area contributed by atoms with Gasteiger partial charge in [-0.15, -0.1) is 0 Å². The molecule has 0 aliphatic heterocycles. The number of benzene rings is 4. The predicted molar refractivity (Wildman–Crippen MR) is 136 cm³/mol. The molecule has 15 heteroatoms. The van der Waals surface area contributed by atoms with Crippen molar-refractivity contribution in [3.05, 3.63) is 141 Å². The van der Waals surface area contributed by atoms with Crippen molar-refractivity contribution in [3.8, 4) is 22.3 Å². The summed E-state index contributed by atoms with van der Waals surface area (Å²) < 4.78 is 103. The normalized spacial score (nSPS) is 11.4. The molecule has 0 heterocycles. The quantitative estimate of drug-likeness (QED) is 0.0765. The van der Waals surface area contributed by atoms with E-state index in [1.54, 1.807) is 60.7 Å². The molecular formula is C28H16F8N2O4Rf-2. The standard InChI is InChI=1S/2C14H8F4NO2.Rf/c2*15-13(16)14(17,18)11-7-6-10(8-12(11)19(20)21)9-4-2-1-3-5-9;/h2*1-8H;/q2*-1;. The second-order valence-corrected chi connectivity index (χ2v) is 8.38. The number of alkyl halides is 4. The topological polar surface area (TPSA) is 86.3 Å². The minimum atomic E-state index is -4.66. The van der Waals surface area contributed by atoms with Gasteiger partial charge in [0, 0.05) is 12.1 Å². The van der Waals surface area contributed by atoms with E-state index in [2.05, 4.69) is 0 Å². The maximum atomic E-state index is 13.3. The van der Waals surface area contributed by atoms with Crippen molar-refractivity contribution in [1.29, 1.82) is 0 Å². The second-order valence-electron chi connectivity index (χ2n) is 8.38. The average Bonchev–Trinajstić information content (AvgIpc) is 2.97. The Balaban J connectivity index is 0.000000293. The summed E-state index contributed by atoms with van der Waals surface area (Å²) in [6.45, 7) is 0. The first-order chi connectivity index (χ1) is 19.7. The Hall–Kier alpha value is -5.88. The van der Waals surface area contributed by atoms with Gasteiger partial charge in [0.05, 0.1) is 33.8 Å². The molecule has 222 valence electrons. The Labute approximate surface area is 232 Å². The molecule has 0 bridgehead atoms. The fourth-order valence-electron chi connectivity index (χ4n) is 3.72. The Morgan fingerprint density at radius 2 is 0.814 bits per heavy atom. The van der Waals surface area contributed by atoms with Crippen LogP contribution in [0.1, 0.15) is 11.1 Å². The first kappa shape index (κ1) is 33.3. The summed E-state index contributed by atoms with van der Waals surface area (Å²) in [6, 6.07) is 21.9. The third-order valence-corrected chi connectivity index (χ3v) is 5.75. The zero-order valence-corrected chi connectivity index (χ0v) is 27.9. The van der Waals surface area contributed by atoms with Gasteiger partial charge in [-0.3, -0.25) is 20.2 Å². The molecule has 0 aliphatic rings. The van der Waals surface area contributed by atoms with Gasteiger partial charge in [0.1, 0.15) is 0 Å². The number of halogens is 8. The van der Waals surface area contributed by atoms with Crippen LogP contribution in [0.2, 0.25) is 0 Å². The molecule has 0 spiro atoms. The van der Waals surface area contributed by atoms with E-state index >= 15 is 0 Å². The van der Waals surface area contributed by atoms with E-state index in [0.29, 0.717) is 34.4 Å². The third-order valence-electron chi connectivity index (χ3n) is 5.75. The molecule has 4 rings (SSSR count). The zero-order valence-electron chi connectivity index (χ0n) is 21.5. The Kier molecular flexibility index (Phi) is 10.2. The number of nitrogens with zero attached hydrogens (tertiary/aromatic N) is 2. The van der Waals surface area contributed by atoms with Crippen LogP contribution < -0.4 is 0 Å². The maximum Gasteiger partial charge on any atom is 0.276 e. The SMILES string of the molecule is O=[N+]([O-])c1cc(-c2ccccc2)ccc1C(F)(F)[C-](F)F.O=[N+]([O-])c1cc(-c2ccccc2)ccc1C(F)(F)[C-](F)F.[Rf]. The molecule has 0 aromatic heterocycles. The molecule has 0 N–H and O–H groups in total. The van der Waals surface area contributed by atoms with E-state index in [4.69, 9.17) is 0 Å². The van der Waals surface area contributed by atoms with Crippen molar-refractivity contribution < 1.29 is 45.0 Å². The molecule has 0 atom stereocenters. The molecule has 4 aromatic carbocycles. The van der Waals surface area contributed by atoms with Gasteiger partial charge >= 0.3 is 0 Å². The van der Waals surface area contributed by atoms with Crippen molar-refractivity contribution in [3.63, 3.8) is 0 Å². The Bertz CT molecular complexity index is 1440. The van der Waals surface area contributed by atoms with Gasteiger partial charge in [-0.2, -0.15) is 0 Å². The number of rotatable bonds is 8. The van der Waals surface area contributed by atoms with E-state index in [0.717, 1.165) is 24.3 Å². The van der Waals surface area contributed by atoms with Crippen LogP contribution in [0, 0.1) is 33.1 Å². The summed E-state index contributed by atoms with van der Waals surface area (Å²) in [5.74, 6) is -9.31. The van der Waals surface area contributed by atoms with Crippen LogP contribution in [0.4, 0.5) is 46.5 Å². The molecular weight excluding hydrogens is 847 g/mol. The van der Waals surface area contributed by atoms with Gasteiger partial charge < -0.3 is 17.6 Å². The molecule has 0 radical (unpaired) electrons. The molecule has 6 nitrogen and oxygen atoms in total. The predicted octanol–water partition coefficient (Wildman–Crippen LogP) is 9.56. The van der Waals surface area contributed by atoms with E-state index < -0.39 is 57.0 Å². The van der Waals surface area contributed by atoms with Crippen LogP contribution in [0.5, 0.6) is 0 Å². The summed E-state index contributed by atoms with van der Waals surface area (Å²) in [5, 5.41) is 21.8. The van der Waals surface area contributed by atoms with E-state index in [-0.39, 0.29) is 0 Å². The fraction of sp³-hybridized carbons (Fsp3) is 0.0714. The fourth-order valence-corrected chi connectivity index (χ4v) is 3.72. The van der Waals surface area contributed by atoms with Gasteiger partial charge in [-0.25, -0.2) is 17.6 Å². The summed E-state index contributed by atoms with van der Waals surface area (Å²) in [6.07, 6.45) is -6.36. The summed E-state index contributed by atoms with van der Waals surface area (Å²) in [7, 11) is 0. The van der Waals surface area contributed by atoms with Crippen LogP contribution in [-0.2, 0) is 11.8 Å². The first-order valence-electron chi connectivity index (χ1n) is 11.5. The third kappa shape index (κ3) is 7.26. The molecule has 0 saturated heterocycles. The van der Waals surface area contributed by atoms with Crippen LogP contribution in [0.15, 0.2) is 97.1 Å². The van der Waals surface area contributed by atoms with Gasteiger partial charge in [0.2, 0.25) is 11.8 Å². The monoisotopic (exact) mass is 863 g/mol. The molecule has 0 saturated carbocycles. The van der Waals surface area contributed by atoms with Crippen LogP contribution in [0.3, 0.4) is 0 Å². The maximum absolute atomic E-state index is 13.3. The first-order valence-corrected chi connectivity index (χ1v) is 11.5. The summed E-state index contributed by atoms with van der Waals surface area (Å²) in [4.78, 5) is 19.6. The molecule has 43 heavy (non-hydrogen) atoms. The molecule has 0 aliphatic carbocycles. The van der Waals surface area contributed by atoms with Crippen molar-refractivity contribution in [2.75, 3.05) is 0 Å². The number of nitro groups is 2.